The highest BCUT2D eigenvalue weighted by Crippen LogP contribution is 2.30. The van der Waals surface area contributed by atoms with Crippen molar-refractivity contribution in [1.82, 2.24) is 14.9 Å². The van der Waals surface area contributed by atoms with Gasteiger partial charge in [-0.2, -0.15) is 0 Å². The Balaban J connectivity index is 1.63. The van der Waals surface area contributed by atoms with Gasteiger partial charge in [-0.1, -0.05) is 6.07 Å². The first kappa shape index (κ1) is 31.9. The molecule has 228 valence electrons. The summed E-state index contributed by atoms with van der Waals surface area (Å²) in [5.41, 5.74) is 22.6. The molecule has 4 aromatic rings. The molecule has 12 heteroatoms. The third-order valence-corrected chi connectivity index (χ3v) is 8.26. The van der Waals surface area contributed by atoms with E-state index in [1.54, 1.807) is 6.08 Å². The summed E-state index contributed by atoms with van der Waals surface area (Å²) in [6, 6.07) is 17.5. The van der Waals surface area contributed by atoms with Crippen LogP contribution in [0.15, 0.2) is 60.7 Å². The number of carbonyl (C=O) groups is 1. The van der Waals surface area contributed by atoms with E-state index in [0.29, 0.717) is 38.4 Å². The molecule has 11 nitrogen and oxygen atoms in total. The zero-order valence-electron chi connectivity index (χ0n) is 24.1. The molecule has 2 heterocycles. The van der Waals surface area contributed by atoms with E-state index >= 15 is 0 Å². The van der Waals surface area contributed by atoms with Crippen molar-refractivity contribution in [2.24, 2.45) is 17.2 Å². The second-order valence-corrected chi connectivity index (χ2v) is 11.3. The minimum Gasteiger partial charge on any atom is -0.398 e. The first-order valence-electron chi connectivity index (χ1n) is 14.2. The molecule has 2 aromatic heterocycles. The van der Waals surface area contributed by atoms with Gasteiger partial charge < -0.3 is 47.6 Å². The second kappa shape index (κ2) is 15.4. The van der Waals surface area contributed by atoms with Crippen molar-refractivity contribution in [2.45, 2.75) is 32.0 Å². The van der Waals surface area contributed by atoms with Crippen LogP contribution < -0.4 is 27.4 Å². The molecule has 0 bridgehead atoms. The number of hydrogen-bond donors (Lipinski definition) is 7. The quantitative estimate of drug-likeness (QED) is 0.0894. The molecule has 0 radical (unpaired) electrons. The molecule has 0 aliphatic rings. The van der Waals surface area contributed by atoms with Gasteiger partial charge in [-0.25, -0.2) is 4.98 Å². The summed E-state index contributed by atoms with van der Waals surface area (Å²) in [6.45, 7) is 2.62. The van der Waals surface area contributed by atoms with Crippen LogP contribution in [0.25, 0.3) is 28.1 Å². The van der Waals surface area contributed by atoms with Gasteiger partial charge in [-0.05, 0) is 73.1 Å². The highest BCUT2D eigenvalue weighted by molar-refractivity contribution is 7.13. The minimum absolute atomic E-state index is 0.00349. The number of aliphatic hydroxyl groups excluding tert-OH is 2. The van der Waals surface area contributed by atoms with Crippen molar-refractivity contribution in [2.75, 3.05) is 37.7 Å². The number of aromatic nitrogens is 2. The number of thiophene rings is 1. The van der Waals surface area contributed by atoms with Crippen LogP contribution in [0, 0.1) is 5.41 Å². The number of fused-ring (bicyclic) bond motifs is 1. The van der Waals surface area contributed by atoms with Crippen molar-refractivity contribution in [3.05, 3.63) is 76.0 Å². The number of hydrogen-bond acceptors (Lipinski definition) is 10. The van der Waals surface area contributed by atoms with Gasteiger partial charge in [-0.15, -0.1) is 11.3 Å². The Morgan fingerprint density at radius 3 is 2.49 bits per heavy atom. The lowest BCUT2D eigenvalue weighted by Gasteiger charge is -2.23. The van der Waals surface area contributed by atoms with Crippen molar-refractivity contribution in [3.8, 4) is 11.4 Å². The van der Waals surface area contributed by atoms with Crippen LogP contribution >= 0.6 is 11.3 Å². The summed E-state index contributed by atoms with van der Waals surface area (Å²) < 4.78 is 2.16. The van der Waals surface area contributed by atoms with Crippen molar-refractivity contribution >= 4 is 45.9 Å². The third kappa shape index (κ3) is 8.06. The highest BCUT2D eigenvalue weighted by atomic mass is 32.1. The van der Waals surface area contributed by atoms with Gasteiger partial charge in [0.05, 0.1) is 34.8 Å². The van der Waals surface area contributed by atoms with Crippen molar-refractivity contribution in [1.29, 1.82) is 5.41 Å². The zero-order chi connectivity index (χ0) is 30.8. The highest BCUT2D eigenvalue weighted by Gasteiger charge is 2.19. The molecule has 0 aliphatic carbocycles. The maximum absolute atomic E-state index is 12.0. The fraction of sp³-hybridized carbons (Fsp3) is 0.323. The number of aryl methyl sites for hydroxylation is 1. The maximum atomic E-state index is 12.0. The van der Waals surface area contributed by atoms with Crippen LogP contribution in [0.1, 0.15) is 34.2 Å². The number of carbonyl (C=O) groups excluding carboxylic acids is 1. The summed E-state index contributed by atoms with van der Waals surface area (Å²) in [7, 11) is 0. The van der Waals surface area contributed by atoms with E-state index in [9.17, 15) is 15.0 Å². The van der Waals surface area contributed by atoms with E-state index in [1.165, 1.54) is 11.3 Å². The topological polar surface area (TPSA) is 193 Å². The largest absolute Gasteiger partial charge is 0.398 e. The summed E-state index contributed by atoms with van der Waals surface area (Å²) >= 11 is 1.53. The molecule has 4 rings (SSSR count). The average molecular weight is 605 g/mol. The van der Waals surface area contributed by atoms with Crippen LogP contribution in [-0.2, 0) is 17.9 Å². The Morgan fingerprint density at radius 1 is 1.09 bits per heavy atom. The summed E-state index contributed by atoms with van der Waals surface area (Å²) in [4.78, 5) is 20.9. The number of rotatable bonds is 17. The predicted molar refractivity (Wildman–Crippen MR) is 174 cm³/mol. The molecule has 0 spiro atoms. The van der Waals surface area contributed by atoms with Crippen LogP contribution in [-0.4, -0.2) is 64.7 Å². The molecule has 43 heavy (non-hydrogen) atoms. The van der Waals surface area contributed by atoms with Crippen LogP contribution in [0.5, 0.6) is 0 Å². The number of allylic oxidation sites excluding steroid dienone is 1. The summed E-state index contributed by atoms with van der Waals surface area (Å²) in [5.74, 6) is 0.400. The van der Waals surface area contributed by atoms with Crippen molar-refractivity contribution in [3.63, 3.8) is 0 Å². The average Bonchev–Trinajstić information content (AvgIpc) is 3.63. The molecule has 0 fully saturated rings. The van der Waals surface area contributed by atoms with Gasteiger partial charge in [0.15, 0.2) is 0 Å². The number of benzene rings is 2. The lowest BCUT2D eigenvalue weighted by Crippen LogP contribution is -2.29. The molecule has 1 amide bonds. The van der Waals surface area contributed by atoms with E-state index in [1.807, 2.05) is 59.5 Å². The molecule has 2 aromatic carbocycles. The molecule has 10 N–H and O–H groups in total. The fourth-order valence-corrected chi connectivity index (χ4v) is 5.92. The summed E-state index contributed by atoms with van der Waals surface area (Å²) in [5, 5.41) is 29.5. The molecule has 1 atom stereocenters. The predicted octanol–water partition coefficient (Wildman–Crippen LogP) is 2.56. The lowest BCUT2D eigenvalue weighted by atomic mass is 10.0. The minimum atomic E-state index is -0.409. The lowest BCUT2D eigenvalue weighted by molar-refractivity contribution is -0.118. The fourth-order valence-electron chi connectivity index (χ4n) is 5.03. The van der Waals surface area contributed by atoms with Gasteiger partial charge in [0.2, 0.25) is 5.91 Å². The number of anilines is 1. The smallest absolute Gasteiger partial charge is 0.219 e. The van der Waals surface area contributed by atoms with E-state index in [2.05, 4.69) is 9.88 Å². The molecule has 1 unspecified atom stereocenters. The SMILES string of the molecule is N=C/C=C(\N)c1ccc(CNC(CC(N)=O)c2ccc3c(c2)nc(-c2ccc(N(CCO)CCO)cc2)n3CCCN)s1. The standard InChI is InChI=1S/C31H40N8O3S/c32-11-1-13-39-28-8-4-22(26(19-30(35)42)36-20-24-7-9-29(43-24)25(34)10-12-33)18-27(28)37-31(39)21-2-5-23(6-3-21)38(14-16-40)15-17-41/h2-10,12,18,26,33,36,40-41H,1,11,13-17,19-20,32,34H2,(H2,35,42)/b25-10-,33-12?. The Bertz CT molecular complexity index is 1540. The number of imidazole rings is 1. The maximum Gasteiger partial charge on any atom is 0.219 e. The molecule has 0 aliphatic heterocycles. The van der Waals surface area contributed by atoms with Crippen LogP contribution in [0.4, 0.5) is 5.69 Å². The molecular formula is C31H40N8O3S. The number of primary amides is 1. The number of amides is 1. The van der Waals surface area contributed by atoms with Gasteiger partial charge in [0.1, 0.15) is 5.82 Å². The van der Waals surface area contributed by atoms with E-state index < -0.39 is 5.91 Å². The number of nitrogens with two attached hydrogens (primary N) is 3. The second-order valence-electron chi connectivity index (χ2n) is 10.1. The Labute approximate surface area is 255 Å². The monoisotopic (exact) mass is 604 g/mol. The van der Waals surface area contributed by atoms with E-state index in [-0.39, 0.29) is 25.7 Å². The van der Waals surface area contributed by atoms with Gasteiger partial charge in [0, 0.05) is 61.0 Å². The van der Waals surface area contributed by atoms with Gasteiger partial charge >= 0.3 is 0 Å². The first-order chi connectivity index (χ1) is 20.9. The van der Waals surface area contributed by atoms with Crippen LogP contribution in [0.3, 0.4) is 0 Å². The number of aliphatic hydroxyl groups is 2. The van der Waals surface area contributed by atoms with E-state index in [4.69, 9.17) is 27.6 Å². The first-order valence-corrected chi connectivity index (χ1v) is 15.0. The summed E-state index contributed by atoms with van der Waals surface area (Å²) in [6.07, 6.45) is 3.62. The Kier molecular flexibility index (Phi) is 11.4. The zero-order valence-corrected chi connectivity index (χ0v) is 24.9. The Hall–Kier alpha value is -4.07. The van der Waals surface area contributed by atoms with Gasteiger partial charge in [-0.3, -0.25) is 4.79 Å². The number of nitrogens with zero attached hydrogens (tertiary/aromatic N) is 3. The van der Waals surface area contributed by atoms with Crippen LogP contribution in [0.2, 0.25) is 0 Å². The molecule has 0 saturated carbocycles. The third-order valence-electron chi connectivity index (χ3n) is 7.13. The van der Waals surface area contributed by atoms with E-state index in [0.717, 1.165) is 56.1 Å². The molecular weight excluding hydrogens is 564 g/mol. The number of nitrogens with one attached hydrogen (secondary N) is 2. The van der Waals surface area contributed by atoms with Crippen molar-refractivity contribution < 1.29 is 15.0 Å². The Morgan fingerprint density at radius 2 is 1.84 bits per heavy atom. The van der Waals surface area contributed by atoms with Gasteiger partial charge in [0.25, 0.3) is 0 Å². The molecule has 0 saturated heterocycles. The normalized spacial score (nSPS) is 12.5.